The lowest BCUT2D eigenvalue weighted by atomic mass is 9.99. The van der Waals surface area contributed by atoms with E-state index in [1.807, 2.05) is 37.3 Å². The third-order valence-corrected chi connectivity index (χ3v) is 4.50. The first-order valence-electron chi connectivity index (χ1n) is 8.58. The van der Waals surface area contributed by atoms with E-state index in [1.54, 1.807) is 4.68 Å². The molecule has 6 nitrogen and oxygen atoms in total. The highest BCUT2D eigenvalue weighted by molar-refractivity contribution is 5.66. The lowest BCUT2D eigenvalue weighted by Gasteiger charge is -2.25. The Morgan fingerprint density at radius 2 is 1.96 bits per heavy atom. The minimum Gasteiger partial charge on any atom is -0.292 e. The van der Waals surface area contributed by atoms with Crippen molar-refractivity contribution >= 4 is 5.57 Å². The van der Waals surface area contributed by atoms with Crippen molar-refractivity contribution in [2.75, 3.05) is 13.1 Å². The molecule has 0 aliphatic carbocycles. The van der Waals surface area contributed by atoms with Crippen molar-refractivity contribution in [3.63, 3.8) is 0 Å². The summed E-state index contributed by atoms with van der Waals surface area (Å²) in [6.07, 6.45) is 3.10. The molecule has 1 aliphatic rings. The van der Waals surface area contributed by atoms with Crippen molar-refractivity contribution in [2.45, 2.75) is 19.9 Å². The zero-order valence-electron chi connectivity index (χ0n) is 14.5. The van der Waals surface area contributed by atoms with Crippen LogP contribution in [0.3, 0.4) is 0 Å². The Hall–Kier alpha value is -2.93. The third kappa shape index (κ3) is 3.52. The van der Waals surface area contributed by atoms with E-state index in [1.165, 1.54) is 17.7 Å². The Morgan fingerprint density at radius 3 is 2.69 bits per heavy atom. The molecule has 0 amide bonds. The normalized spacial score (nSPS) is 15.1. The second kappa shape index (κ2) is 7.13. The standard InChI is InChI=1S/C19H19FN6/c1-14-3-2-4-18(21-14)26-19(22-23-24-26)13-25-11-9-16(10-12-25)15-5-7-17(20)8-6-15/h2-9H,10-13H2,1H3. The molecule has 0 fully saturated rings. The number of halogens is 1. The van der Waals surface area contributed by atoms with Crippen molar-refractivity contribution in [1.82, 2.24) is 30.1 Å². The van der Waals surface area contributed by atoms with Crippen LogP contribution in [0.4, 0.5) is 4.39 Å². The summed E-state index contributed by atoms with van der Waals surface area (Å²) in [6.45, 7) is 4.30. The molecule has 3 aromatic rings. The molecule has 1 aliphatic heterocycles. The molecule has 4 rings (SSSR count). The fraction of sp³-hybridized carbons (Fsp3) is 0.263. The smallest absolute Gasteiger partial charge is 0.172 e. The number of pyridine rings is 1. The fourth-order valence-electron chi connectivity index (χ4n) is 3.11. The van der Waals surface area contributed by atoms with E-state index in [0.717, 1.165) is 42.4 Å². The molecule has 1 aromatic carbocycles. The van der Waals surface area contributed by atoms with E-state index in [-0.39, 0.29) is 5.82 Å². The Morgan fingerprint density at radius 1 is 1.12 bits per heavy atom. The Labute approximate surface area is 151 Å². The van der Waals surface area contributed by atoms with Crippen LogP contribution in [0, 0.1) is 12.7 Å². The van der Waals surface area contributed by atoms with Gasteiger partial charge >= 0.3 is 0 Å². The van der Waals surface area contributed by atoms with Crippen LogP contribution in [0.1, 0.15) is 23.5 Å². The van der Waals surface area contributed by atoms with E-state index >= 15 is 0 Å². The van der Waals surface area contributed by atoms with Crippen LogP contribution in [-0.4, -0.2) is 43.2 Å². The van der Waals surface area contributed by atoms with Gasteiger partial charge in [0.25, 0.3) is 0 Å². The van der Waals surface area contributed by atoms with Gasteiger partial charge in [0.05, 0.1) is 6.54 Å². The van der Waals surface area contributed by atoms with Crippen molar-refractivity contribution in [3.8, 4) is 5.82 Å². The summed E-state index contributed by atoms with van der Waals surface area (Å²) >= 11 is 0. The largest absolute Gasteiger partial charge is 0.292 e. The molecule has 0 radical (unpaired) electrons. The van der Waals surface area contributed by atoms with Crippen LogP contribution < -0.4 is 0 Å². The molecule has 0 spiro atoms. The Balaban J connectivity index is 1.47. The average Bonchev–Trinajstić information content (AvgIpc) is 3.11. The number of rotatable bonds is 4. The maximum absolute atomic E-state index is 13.1. The summed E-state index contributed by atoms with van der Waals surface area (Å²) < 4.78 is 14.8. The molecule has 3 heterocycles. The highest BCUT2D eigenvalue weighted by atomic mass is 19.1. The summed E-state index contributed by atoms with van der Waals surface area (Å²) in [7, 11) is 0. The molecular weight excluding hydrogens is 331 g/mol. The van der Waals surface area contributed by atoms with Crippen molar-refractivity contribution in [2.24, 2.45) is 0 Å². The predicted octanol–water partition coefficient (Wildman–Crippen LogP) is 2.79. The van der Waals surface area contributed by atoms with Gasteiger partial charge in [-0.2, -0.15) is 4.68 Å². The number of aromatic nitrogens is 5. The van der Waals surface area contributed by atoms with Crippen molar-refractivity contribution < 1.29 is 4.39 Å². The Bertz CT molecular complexity index is 931. The molecule has 0 atom stereocenters. The van der Waals surface area contributed by atoms with Gasteiger partial charge in [0, 0.05) is 18.8 Å². The van der Waals surface area contributed by atoms with Crippen LogP contribution in [0.25, 0.3) is 11.4 Å². The quantitative estimate of drug-likeness (QED) is 0.724. The predicted molar refractivity (Wildman–Crippen MR) is 96.0 cm³/mol. The molecule has 7 heteroatoms. The molecule has 0 saturated carbocycles. The zero-order valence-corrected chi connectivity index (χ0v) is 14.5. The van der Waals surface area contributed by atoms with Crippen LogP contribution in [0.15, 0.2) is 48.5 Å². The lowest BCUT2D eigenvalue weighted by Crippen LogP contribution is -2.29. The van der Waals surface area contributed by atoms with Crippen LogP contribution >= 0.6 is 0 Å². The third-order valence-electron chi connectivity index (χ3n) is 4.50. The van der Waals surface area contributed by atoms with E-state index in [2.05, 4.69) is 31.5 Å². The van der Waals surface area contributed by atoms with E-state index in [9.17, 15) is 4.39 Å². The molecular formula is C19H19FN6. The van der Waals surface area contributed by atoms with E-state index in [4.69, 9.17) is 0 Å². The molecule has 2 aromatic heterocycles. The highest BCUT2D eigenvalue weighted by Gasteiger charge is 2.17. The first kappa shape index (κ1) is 16.5. The van der Waals surface area contributed by atoms with Crippen LogP contribution in [0.5, 0.6) is 0 Å². The van der Waals surface area contributed by atoms with Gasteiger partial charge in [-0.3, -0.25) is 4.90 Å². The zero-order chi connectivity index (χ0) is 17.9. The van der Waals surface area contributed by atoms with Gasteiger partial charge in [-0.05, 0) is 59.2 Å². The van der Waals surface area contributed by atoms with E-state index in [0.29, 0.717) is 6.54 Å². The summed E-state index contributed by atoms with van der Waals surface area (Å²) in [6, 6.07) is 12.5. The summed E-state index contributed by atoms with van der Waals surface area (Å²) in [5, 5.41) is 12.1. The first-order valence-corrected chi connectivity index (χ1v) is 8.58. The van der Waals surface area contributed by atoms with Crippen LogP contribution in [0.2, 0.25) is 0 Å². The van der Waals surface area contributed by atoms with Crippen molar-refractivity contribution in [1.29, 1.82) is 0 Å². The van der Waals surface area contributed by atoms with Gasteiger partial charge in [0.1, 0.15) is 5.82 Å². The monoisotopic (exact) mass is 350 g/mol. The maximum Gasteiger partial charge on any atom is 0.172 e. The highest BCUT2D eigenvalue weighted by Crippen LogP contribution is 2.23. The van der Waals surface area contributed by atoms with Crippen molar-refractivity contribution in [3.05, 3.63) is 71.4 Å². The maximum atomic E-state index is 13.1. The molecule has 0 N–H and O–H groups in total. The van der Waals surface area contributed by atoms with Gasteiger partial charge in [-0.25, -0.2) is 9.37 Å². The number of tetrazole rings is 1. The topological polar surface area (TPSA) is 59.7 Å². The summed E-state index contributed by atoms with van der Waals surface area (Å²) in [5.74, 6) is 1.29. The van der Waals surface area contributed by atoms with Gasteiger partial charge in [-0.1, -0.05) is 24.3 Å². The molecule has 0 bridgehead atoms. The van der Waals surface area contributed by atoms with Gasteiger partial charge in [0.2, 0.25) is 0 Å². The number of aryl methyl sites for hydroxylation is 1. The Kier molecular flexibility index (Phi) is 4.53. The molecule has 0 saturated heterocycles. The number of nitrogens with zero attached hydrogens (tertiary/aromatic N) is 6. The molecule has 26 heavy (non-hydrogen) atoms. The molecule has 0 unspecified atom stereocenters. The lowest BCUT2D eigenvalue weighted by molar-refractivity contribution is 0.283. The summed E-state index contributed by atoms with van der Waals surface area (Å²) in [4.78, 5) is 6.77. The van der Waals surface area contributed by atoms with Gasteiger partial charge in [-0.15, -0.1) is 5.10 Å². The van der Waals surface area contributed by atoms with E-state index < -0.39 is 0 Å². The first-order chi connectivity index (χ1) is 12.7. The minimum atomic E-state index is -0.205. The second-order valence-corrected chi connectivity index (χ2v) is 6.37. The number of hydrogen-bond donors (Lipinski definition) is 0. The average molecular weight is 350 g/mol. The van der Waals surface area contributed by atoms with Gasteiger partial charge in [0.15, 0.2) is 11.6 Å². The number of benzene rings is 1. The molecule has 132 valence electrons. The minimum absolute atomic E-state index is 0.205. The number of hydrogen-bond acceptors (Lipinski definition) is 5. The SMILES string of the molecule is Cc1cccc(-n2nnnc2CN2CC=C(c3ccc(F)cc3)CC2)n1. The fourth-order valence-corrected chi connectivity index (χ4v) is 3.11. The second-order valence-electron chi connectivity index (χ2n) is 6.37. The van der Waals surface area contributed by atoms with Gasteiger partial charge < -0.3 is 0 Å². The van der Waals surface area contributed by atoms with Crippen LogP contribution in [-0.2, 0) is 6.54 Å². The summed E-state index contributed by atoms with van der Waals surface area (Å²) in [5.41, 5.74) is 3.26.